The minimum absolute atomic E-state index is 0.0551. The maximum absolute atomic E-state index is 14.1. The number of piperazine rings is 1. The summed E-state index contributed by atoms with van der Waals surface area (Å²) in [5.41, 5.74) is 3.11. The van der Waals surface area contributed by atoms with Crippen LogP contribution in [-0.2, 0) is 21.4 Å². The number of ether oxygens (including phenoxy) is 1. The Bertz CT molecular complexity index is 2000. The van der Waals surface area contributed by atoms with Crippen molar-refractivity contribution in [2.75, 3.05) is 32.7 Å². The molecule has 3 aromatic carbocycles. The molecule has 14 heteroatoms. The average Bonchev–Trinajstić information content (AvgIpc) is 3.59. The second-order valence-electron chi connectivity index (χ2n) is 11.7. The highest BCUT2D eigenvalue weighted by Gasteiger charge is 2.43. The third kappa shape index (κ3) is 6.70. The van der Waals surface area contributed by atoms with Gasteiger partial charge in [0.15, 0.2) is 0 Å². The van der Waals surface area contributed by atoms with Crippen LogP contribution in [0.15, 0.2) is 76.7 Å². The van der Waals surface area contributed by atoms with Gasteiger partial charge in [-0.15, -0.1) is 0 Å². The molecule has 2 aliphatic heterocycles. The Morgan fingerprint density at radius 3 is 2.44 bits per heavy atom. The number of carbonyl (C=O) groups is 2. The summed E-state index contributed by atoms with van der Waals surface area (Å²) in [5, 5.41) is 4.58. The van der Waals surface area contributed by atoms with Crippen LogP contribution < -0.4 is 10.6 Å². The van der Waals surface area contributed by atoms with E-state index in [4.69, 9.17) is 33.8 Å². The summed E-state index contributed by atoms with van der Waals surface area (Å²) in [5.74, 6) is 5.27. The first-order chi connectivity index (χ1) is 23.1. The van der Waals surface area contributed by atoms with E-state index < -0.39 is 16.1 Å². The van der Waals surface area contributed by atoms with Crippen LogP contribution >= 0.6 is 23.2 Å². The molecule has 0 spiro atoms. The van der Waals surface area contributed by atoms with Crippen molar-refractivity contribution in [1.82, 2.24) is 19.1 Å². The number of benzene rings is 3. The molecule has 6 rings (SSSR count). The molecule has 0 aliphatic carbocycles. The predicted molar refractivity (Wildman–Crippen MR) is 185 cm³/mol. The lowest BCUT2D eigenvalue weighted by Crippen LogP contribution is -2.55. The van der Waals surface area contributed by atoms with Crippen LogP contribution in [0.5, 0.6) is 5.75 Å². The summed E-state index contributed by atoms with van der Waals surface area (Å²) in [6.45, 7) is 3.21. The first kappa shape index (κ1) is 33.7. The Labute approximate surface area is 288 Å². The molecule has 0 saturated carbocycles. The Morgan fingerprint density at radius 2 is 1.71 bits per heavy atom. The number of nitrogens with two attached hydrogens (primary N) is 1. The number of para-hydroxylation sites is 1. The summed E-state index contributed by atoms with van der Waals surface area (Å²) in [6.07, 6.45) is 2.39. The maximum Gasteiger partial charge on any atom is 0.253 e. The van der Waals surface area contributed by atoms with Crippen molar-refractivity contribution in [1.29, 1.82) is 0 Å². The van der Waals surface area contributed by atoms with Crippen molar-refractivity contribution >= 4 is 62.2 Å². The number of amides is 2. The van der Waals surface area contributed by atoms with Crippen LogP contribution in [0.1, 0.15) is 40.0 Å². The molecular formula is C34H34Cl2N6O5S. The molecule has 11 nitrogen and oxygen atoms in total. The fraction of sp³-hybridized carbons (Fsp3) is 0.294. The zero-order valence-corrected chi connectivity index (χ0v) is 28.5. The monoisotopic (exact) mass is 708 g/mol. The summed E-state index contributed by atoms with van der Waals surface area (Å²) >= 11 is 13.3. The molecule has 2 aliphatic rings. The van der Waals surface area contributed by atoms with Crippen LogP contribution in [0.25, 0.3) is 10.9 Å². The number of hydrogen-bond donors (Lipinski definition) is 1. The average molecular weight is 710 g/mol. The second-order valence-corrected chi connectivity index (χ2v) is 14.3. The molecular weight excluding hydrogens is 675 g/mol. The fourth-order valence-electron chi connectivity index (χ4n) is 6.11. The van der Waals surface area contributed by atoms with E-state index in [1.807, 2.05) is 31.2 Å². The molecule has 4 aromatic rings. The van der Waals surface area contributed by atoms with Gasteiger partial charge in [-0.1, -0.05) is 53.5 Å². The van der Waals surface area contributed by atoms with E-state index in [1.165, 1.54) is 22.7 Å². The lowest BCUT2D eigenvalue weighted by molar-refractivity contribution is -0.136. The van der Waals surface area contributed by atoms with Gasteiger partial charge in [0, 0.05) is 60.0 Å². The van der Waals surface area contributed by atoms with E-state index in [2.05, 4.69) is 10.1 Å². The molecule has 0 bridgehead atoms. The molecule has 2 N–H and O–H groups in total. The quantitative estimate of drug-likeness (QED) is 0.157. The lowest BCUT2D eigenvalue weighted by atomic mass is 10.1. The number of aromatic nitrogens is 1. The highest BCUT2D eigenvalue weighted by molar-refractivity contribution is 7.89. The molecule has 2 amide bonds. The molecule has 1 atom stereocenters. The zero-order chi connectivity index (χ0) is 34.0. The zero-order valence-electron chi connectivity index (χ0n) is 26.2. The Kier molecular flexibility index (Phi) is 9.88. The van der Waals surface area contributed by atoms with Gasteiger partial charge in [0.1, 0.15) is 28.8 Å². The largest absolute Gasteiger partial charge is 0.487 e. The van der Waals surface area contributed by atoms with Gasteiger partial charge in [-0.05, 0) is 61.7 Å². The standard InChI is InChI=1S/C34H34Cl2N6O5S/c1-22-7-10-24-4-2-6-29(32(24)39-22)47-21-26-27(35)13-14-30(31(26)36)48(45,46)42-15-3-5-28(42)34(44)41-18-16-40(17-19-41)33(43)25-11-8-23(9-12-25)20-38-37/h2,4,6-14,20,28H,3,5,15-19,21,37H2,1H3/t28-/m0/s1. The van der Waals surface area contributed by atoms with E-state index >= 15 is 0 Å². The molecule has 1 aromatic heterocycles. The van der Waals surface area contributed by atoms with Gasteiger partial charge in [0.2, 0.25) is 15.9 Å². The van der Waals surface area contributed by atoms with Gasteiger partial charge in [0.05, 0.1) is 11.2 Å². The van der Waals surface area contributed by atoms with Crippen LogP contribution in [0.3, 0.4) is 0 Å². The van der Waals surface area contributed by atoms with Crippen LogP contribution in [0.2, 0.25) is 10.0 Å². The molecule has 250 valence electrons. The first-order valence-electron chi connectivity index (χ1n) is 15.5. The minimum Gasteiger partial charge on any atom is -0.487 e. The number of carbonyl (C=O) groups excluding carboxylic acids is 2. The summed E-state index contributed by atoms with van der Waals surface area (Å²) < 4.78 is 35.5. The summed E-state index contributed by atoms with van der Waals surface area (Å²) in [6, 6.07) is 18.3. The van der Waals surface area contributed by atoms with Crippen molar-refractivity contribution in [2.45, 2.75) is 37.3 Å². The molecule has 48 heavy (non-hydrogen) atoms. The van der Waals surface area contributed by atoms with Gasteiger partial charge in [-0.25, -0.2) is 13.4 Å². The van der Waals surface area contributed by atoms with E-state index in [0.29, 0.717) is 61.4 Å². The lowest BCUT2D eigenvalue weighted by Gasteiger charge is -2.37. The Hall–Kier alpha value is -4.23. The maximum atomic E-state index is 14.1. The van der Waals surface area contributed by atoms with E-state index in [9.17, 15) is 18.0 Å². The highest BCUT2D eigenvalue weighted by Crippen LogP contribution is 2.37. The van der Waals surface area contributed by atoms with Crippen molar-refractivity contribution in [3.05, 3.63) is 99.2 Å². The first-order valence-corrected chi connectivity index (χ1v) is 17.7. The molecule has 0 radical (unpaired) electrons. The van der Waals surface area contributed by atoms with Crippen molar-refractivity contribution in [3.63, 3.8) is 0 Å². The number of pyridine rings is 1. The molecule has 3 heterocycles. The summed E-state index contributed by atoms with van der Waals surface area (Å²) in [7, 11) is -4.19. The number of sulfonamides is 1. The SMILES string of the molecule is Cc1ccc2cccc(OCc3c(Cl)ccc(S(=O)(=O)N4CCC[C@H]4C(=O)N4CCN(C(=O)c5ccc(C=NN)cc5)CC4)c3Cl)c2n1. The number of rotatable bonds is 8. The van der Waals surface area contributed by atoms with Crippen molar-refractivity contribution in [3.8, 4) is 5.75 Å². The number of nitrogens with zero attached hydrogens (tertiary/aromatic N) is 5. The van der Waals surface area contributed by atoms with Gasteiger partial charge >= 0.3 is 0 Å². The molecule has 0 unspecified atom stereocenters. The minimum atomic E-state index is -4.19. The highest BCUT2D eigenvalue weighted by atomic mass is 35.5. The van der Waals surface area contributed by atoms with Crippen LogP contribution in [-0.4, -0.2) is 84.3 Å². The number of fused-ring (bicyclic) bond motifs is 1. The van der Waals surface area contributed by atoms with Crippen molar-refractivity contribution < 1.29 is 22.7 Å². The van der Waals surface area contributed by atoms with Gasteiger partial charge in [-0.3, -0.25) is 9.59 Å². The Morgan fingerprint density at radius 1 is 0.979 bits per heavy atom. The van der Waals surface area contributed by atoms with Gasteiger partial charge in [0.25, 0.3) is 5.91 Å². The van der Waals surface area contributed by atoms with Gasteiger partial charge in [-0.2, -0.15) is 9.41 Å². The molecule has 2 saturated heterocycles. The third-order valence-corrected chi connectivity index (χ3v) is 11.5. The number of hydrogen-bond acceptors (Lipinski definition) is 8. The Balaban J connectivity index is 1.15. The second kappa shape index (κ2) is 14.1. The van der Waals surface area contributed by atoms with E-state index in [1.54, 1.807) is 40.1 Å². The number of hydrazone groups is 1. The van der Waals surface area contributed by atoms with E-state index in [-0.39, 0.29) is 39.9 Å². The normalized spacial score (nSPS) is 17.4. The smallest absolute Gasteiger partial charge is 0.253 e. The van der Waals surface area contributed by atoms with E-state index in [0.717, 1.165) is 16.6 Å². The van der Waals surface area contributed by atoms with Crippen LogP contribution in [0.4, 0.5) is 0 Å². The van der Waals surface area contributed by atoms with Crippen molar-refractivity contribution in [2.24, 2.45) is 10.9 Å². The fourth-order valence-corrected chi connectivity index (χ4v) is 8.63. The van der Waals surface area contributed by atoms with Crippen LogP contribution in [0, 0.1) is 6.92 Å². The number of halogens is 2. The predicted octanol–water partition coefficient (Wildman–Crippen LogP) is 4.86. The summed E-state index contributed by atoms with van der Waals surface area (Å²) in [4.78, 5) is 34.6. The third-order valence-electron chi connectivity index (χ3n) is 8.68. The van der Waals surface area contributed by atoms with Gasteiger partial charge < -0.3 is 20.4 Å². The number of aryl methyl sites for hydroxylation is 1. The molecule has 2 fully saturated rings. The topological polar surface area (TPSA) is 138 Å².